The van der Waals surface area contributed by atoms with Crippen LogP contribution in [0.15, 0.2) is 144 Å². The summed E-state index contributed by atoms with van der Waals surface area (Å²) in [6.07, 6.45) is 5.30. The van der Waals surface area contributed by atoms with Crippen molar-refractivity contribution in [1.82, 2.24) is 0 Å². The van der Waals surface area contributed by atoms with Crippen molar-refractivity contribution in [1.29, 1.82) is 0 Å². The van der Waals surface area contributed by atoms with Crippen molar-refractivity contribution >= 4 is 28.6 Å². The minimum absolute atomic E-state index is 0.260. The molecular formula is C31H25NS. The summed E-state index contributed by atoms with van der Waals surface area (Å²) in [5.41, 5.74) is 7.41. The van der Waals surface area contributed by atoms with Crippen LogP contribution in [0.4, 0.5) is 5.69 Å². The van der Waals surface area contributed by atoms with E-state index >= 15 is 0 Å². The van der Waals surface area contributed by atoms with Crippen LogP contribution in [0.1, 0.15) is 21.9 Å². The van der Waals surface area contributed by atoms with Gasteiger partial charge in [-0.1, -0.05) is 115 Å². The molecule has 1 atom stereocenters. The average molecular weight is 444 g/mol. The highest BCUT2D eigenvalue weighted by Crippen LogP contribution is 2.50. The summed E-state index contributed by atoms with van der Waals surface area (Å²) in [5.74, 6) is 0. The van der Waals surface area contributed by atoms with E-state index in [2.05, 4.69) is 97.1 Å². The molecule has 0 N–H and O–H groups in total. The number of para-hydroxylation sites is 1. The van der Waals surface area contributed by atoms with Crippen LogP contribution in [-0.2, 0) is 6.42 Å². The lowest BCUT2D eigenvalue weighted by Crippen LogP contribution is -2.08. The lowest BCUT2D eigenvalue weighted by atomic mass is 9.94. The van der Waals surface area contributed by atoms with E-state index in [-0.39, 0.29) is 5.25 Å². The Kier molecular flexibility index (Phi) is 6.65. The van der Waals surface area contributed by atoms with Crippen molar-refractivity contribution in [2.24, 2.45) is 4.99 Å². The summed E-state index contributed by atoms with van der Waals surface area (Å²) in [5, 5.41) is 0.260. The zero-order valence-corrected chi connectivity index (χ0v) is 19.2. The van der Waals surface area contributed by atoms with Crippen molar-refractivity contribution in [3.63, 3.8) is 0 Å². The number of thioether (sulfide) groups is 1. The Balaban J connectivity index is 1.61. The maximum absolute atomic E-state index is 4.80. The van der Waals surface area contributed by atoms with Crippen LogP contribution < -0.4 is 0 Å². The Morgan fingerprint density at radius 2 is 1.24 bits per heavy atom. The van der Waals surface area contributed by atoms with Gasteiger partial charge in [-0.15, -0.1) is 11.8 Å². The maximum atomic E-state index is 4.80. The molecule has 5 rings (SSSR count). The molecule has 0 amide bonds. The molecule has 0 aliphatic carbocycles. The number of benzene rings is 4. The molecule has 33 heavy (non-hydrogen) atoms. The Morgan fingerprint density at radius 1 is 0.667 bits per heavy atom. The molecule has 0 aromatic heterocycles. The van der Waals surface area contributed by atoms with E-state index in [4.69, 9.17) is 4.99 Å². The van der Waals surface area contributed by atoms with E-state index in [9.17, 15) is 0 Å². The van der Waals surface area contributed by atoms with Crippen LogP contribution in [0, 0.1) is 0 Å². The monoisotopic (exact) mass is 443 g/mol. The molecule has 4 aromatic rings. The zero-order chi connectivity index (χ0) is 22.3. The molecule has 1 aliphatic heterocycles. The third-order valence-electron chi connectivity index (χ3n) is 5.67. The van der Waals surface area contributed by atoms with Gasteiger partial charge in [0.05, 0.1) is 10.9 Å². The van der Waals surface area contributed by atoms with Gasteiger partial charge in [0.1, 0.15) is 0 Å². The maximum Gasteiger partial charge on any atom is 0.0629 e. The van der Waals surface area contributed by atoms with E-state index in [0.29, 0.717) is 0 Å². The second-order valence-corrected chi connectivity index (χ2v) is 9.15. The van der Waals surface area contributed by atoms with Gasteiger partial charge in [0.15, 0.2) is 0 Å². The van der Waals surface area contributed by atoms with Gasteiger partial charge in [0.25, 0.3) is 0 Å². The van der Waals surface area contributed by atoms with E-state index in [1.54, 1.807) is 0 Å². The van der Waals surface area contributed by atoms with Crippen LogP contribution in [0.2, 0.25) is 0 Å². The molecule has 0 spiro atoms. The minimum atomic E-state index is 0.260. The fourth-order valence-electron chi connectivity index (χ4n) is 4.07. The standard InChI is InChI=1S/C31H25NS/c1-5-13-24(14-6-1)21-27-22-28(23-32-29-19-11-4-12-20-29)31(26-17-9-3-10-18-26)33-30(27)25-15-7-2-8-16-25/h1-20,22-23,30H,21H2/t30-/m1/s1. The second kappa shape index (κ2) is 10.3. The van der Waals surface area contributed by atoms with Crippen LogP contribution in [0.3, 0.4) is 0 Å². The molecule has 0 bridgehead atoms. The quantitative estimate of drug-likeness (QED) is 0.272. The summed E-state index contributed by atoms with van der Waals surface area (Å²) < 4.78 is 0. The van der Waals surface area contributed by atoms with Crippen molar-refractivity contribution in [3.05, 3.63) is 155 Å². The first-order valence-electron chi connectivity index (χ1n) is 11.2. The molecule has 4 aromatic carbocycles. The highest BCUT2D eigenvalue weighted by molar-refractivity contribution is 8.08. The van der Waals surface area contributed by atoms with Crippen molar-refractivity contribution < 1.29 is 0 Å². The summed E-state index contributed by atoms with van der Waals surface area (Å²) in [6.45, 7) is 0. The Hall–Kier alpha value is -3.62. The van der Waals surface area contributed by atoms with Crippen LogP contribution >= 0.6 is 11.8 Å². The Labute approximate surface area is 200 Å². The summed E-state index contributed by atoms with van der Waals surface area (Å²) in [7, 11) is 0. The van der Waals surface area contributed by atoms with Gasteiger partial charge in [-0.25, -0.2) is 0 Å². The lowest BCUT2D eigenvalue weighted by molar-refractivity contribution is 1.01. The number of rotatable bonds is 6. The number of aliphatic imine (C=N–C) groups is 1. The van der Waals surface area contributed by atoms with Crippen molar-refractivity contribution in [2.75, 3.05) is 0 Å². The molecule has 0 unspecified atom stereocenters. The first-order valence-corrected chi connectivity index (χ1v) is 12.1. The van der Waals surface area contributed by atoms with Crippen molar-refractivity contribution in [2.45, 2.75) is 11.7 Å². The Bertz CT molecular complexity index is 1270. The molecular weight excluding hydrogens is 418 g/mol. The first kappa shape index (κ1) is 21.2. The Morgan fingerprint density at radius 3 is 1.91 bits per heavy atom. The summed E-state index contributed by atoms with van der Waals surface area (Å²) in [6, 6.07) is 42.4. The van der Waals surface area contributed by atoms with Crippen LogP contribution in [-0.4, -0.2) is 6.21 Å². The third kappa shape index (κ3) is 5.24. The van der Waals surface area contributed by atoms with Gasteiger partial charge >= 0.3 is 0 Å². The van der Waals surface area contributed by atoms with Gasteiger partial charge in [-0.2, -0.15) is 0 Å². The average Bonchev–Trinajstić information content (AvgIpc) is 2.90. The second-order valence-electron chi connectivity index (χ2n) is 8.03. The van der Waals surface area contributed by atoms with Crippen molar-refractivity contribution in [3.8, 4) is 0 Å². The SMILES string of the molecule is C(=Nc1ccccc1)C1=C(c2ccccc2)S[C@H](c2ccccc2)C(Cc2ccccc2)=C1. The molecule has 1 heterocycles. The topological polar surface area (TPSA) is 12.4 Å². The predicted octanol–water partition coefficient (Wildman–Crippen LogP) is 8.46. The smallest absolute Gasteiger partial charge is 0.0629 e. The molecule has 2 heteroatoms. The number of hydrogen-bond donors (Lipinski definition) is 0. The third-order valence-corrected chi connectivity index (χ3v) is 7.19. The zero-order valence-electron chi connectivity index (χ0n) is 18.3. The minimum Gasteiger partial charge on any atom is -0.256 e. The summed E-state index contributed by atoms with van der Waals surface area (Å²) in [4.78, 5) is 6.07. The van der Waals surface area contributed by atoms with Gasteiger partial charge in [0.2, 0.25) is 0 Å². The summed E-state index contributed by atoms with van der Waals surface area (Å²) >= 11 is 1.93. The molecule has 160 valence electrons. The van der Waals surface area contributed by atoms with Crippen LogP contribution in [0.25, 0.3) is 4.91 Å². The van der Waals surface area contributed by atoms with Gasteiger partial charge in [-0.05, 0) is 40.8 Å². The van der Waals surface area contributed by atoms with E-state index in [0.717, 1.165) is 17.7 Å². The van der Waals surface area contributed by atoms with Gasteiger partial charge in [0, 0.05) is 16.7 Å². The highest BCUT2D eigenvalue weighted by Gasteiger charge is 2.26. The first-order chi connectivity index (χ1) is 16.4. The largest absolute Gasteiger partial charge is 0.256 e. The molecule has 0 fully saturated rings. The fraction of sp³-hybridized carbons (Fsp3) is 0.0645. The number of nitrogens with zero attached hydrogens (tertiary/aromatic N) is 1. The predicted molar refractivity (Wildman–Crippen MR) is 143 cm³/mol. The molecule has 0 saturated carbocycles. The van der Waals surface area contributed by atoms with E-state index in [1.165, 1.54) is 27.2 Å². The lowest BCUT2D eigenvalue weighted by Gasteiger charge is -2.28. The normalized spacial score (nSPS) is 16.1. The van der Waals surface area contributed by atoms with Gasteiger partial charge in [-0.3, -0.25) is 4.99 Å². The van der Waals surface area contributed by atoms with E-state index < -0.39 is 0 Å². The number of hydrogen-bond acceptors (Lipinski definition) is 2. The van der Waals surface area contributed by atoms with Crippen LogP contribution in [0.5, 0.6) is 0 Å². The number of allylic oxidation sites excluding steroid dienone is 2. The molecule has 0 saturated heterocycles. The van der Waals surface area contributed by atoms with Gasteiger partial charge < -0.3 is 0 Å². The highest BCUT2D eigenvalue weighted by atomic mass is 32.2. The molecule has 1 nitrogen and oxygen atoms in total. The molecule has 1 aliphatic rings. The van der Waals surface area contributed by atoms with E-state index in [1.807, 2.05) is 48.3 Å². The fourth-order valence-corrected chi connectivity index (χ4v) is 5.42. The molecule has 0 radical (unpaired) electrons.